The van der Waals surface area contributed by atoms with Gasteiger partial charge in [-0.3, -0.25) is 4.90 Å². The molecule has 1 aliphatic rings. The molecule has 0 N–H and O–H groups in total. The van der Waals surface area contributed by atoms with Gasteiger partial charge >= 0.3 is 0 Å². The van der Waals surface area contributed by atoms with E-state index in [2.05, 4.69) is 75.9 Å². The Bertz CT molecular complexity index is 669. The zero-order valence-electron chi connectivity index (χ0n) is 15.0. The maximum Gasteiger partial charge on any atom is 0.0678 e. The van der Waals surface area contributed by atoms with E-state index >= 15 is 0 Å². The first-order chi connectivity index (χ1) is 10.9. The fourth-order valence-electron chi connectivity index (χ4n) is 4.03. The highest BCUT2D eigenvalue weighted by Gasteiger charge is 2.30. The summed E-state index contributed by atoms with van der Waals surface area (Å²) in [5, 5.41) is 2.67. The molecule has 23 heavy (non-hydrogen) atoms. The van der Waals surface area contributed by atoms with Crippen LogP contribution in [0.5, 0.6) is 0 Å². The third kappa shape index (κ3) is 3.59. The van der Waals surface area contributed by atoms with Crippen molar-refractivity contribution in [1.82, 2.24) is 4.90 Å². The van der Waals surface area contributed by atoms with Crippen molar-refractivity contribution in [2.24, 2.45) is 5.92 Å². The fraction of sp³-hybridized carbons (Fsp3) is 0.524. The van der Waals surface area contributed by atoms with E-state index in [0.29, 0.717) is 24.2 Å². The fourth-order valence-corrected chi connectivity index (χ4v) is 4.03. The lowest BCUT2D eigenvalue weighted by atomic mass is 9.91. The monoisotopic (exact) mass is 311 g/mol. The molecule has 2 nitrogen and oxygen atoms in total. The van der Waals surface area contributed by atoms with Crippen LogP contribution in [0.15, 0.2) is 36.4 Å². The molecule has 1 fully saturated rings. The van der Waals surface area contributed by atoms with Crippen molar-refractivity contribution >= 4 is 10.8 Å². The summed E-state index contributed by atoms with van der Waals surface area (Å²) < 4.78 is 5.92. The molecule has 2 aromatic rings. The van der Waals surface area contributed by atoms with E-state index in [-0.39, 0.29) is 0 Å². The Balaban J connectivity index is 1.96. The van der Waals surface area contributed by atoms with Gasteiger partial charge in [0, 0.05) is 19.1 Å². The van der Waals surface area contributed by atoms with E-state index in [4.69, 9.17) is 4.74 Å². The minimum Gasteiger partial charge on any atom is -0.373 e. The molecule has 0 saturated carbocycles. The molecular weight excluding hydrogens is 282 g/mol. The summed E-state index contributed by atoms with van der Waals surface area (Å²) in [4.78, 5) is 2.61. The van der Waals surface area contributed by atoms with E-state index in [1.165, 1.54) is 21.9 Å². The molecule has 0 amide bonds. The number of morpholine rings is 1. The Morgan fingerprint density at radius 2 is 1.57 bits per heavy atom. The molecule has 3 atom stereocenters. The zero-order chi connectivity index (χ0) is 16.6. The molecule has 124 valence electrons. The molecule has 2 aromatic carbocycles. The van der Waals surface area contributed by atoms with Crippen LogP contribution in [0.25, 0.3) is 10.8 Å². The Morgan fingerprint density at radius 3 is 2.22 bits per heavy atom. The number of hydrogen-bond acceptors (Lipinski definition) is 2. The zero-order valence-corrected chi connectivity index (χ0v) is 15.0. The van der Waals surface area contributed by atoms with Gasteiger partial charge in [0.1, 0.15) is 0 Å². The first-order valence-electron chi connectivity index (χ1n) is 8.84. The van der Waals surface area contributed by atoms with Crippen LogP contribution in [0, 0.1) is 12.8 Å². The first kappa shape index (κ1) is 16.5. The Hall–Kier alpha value is -1.38. The average Bonchev–Trinajstić information content (AvgIpc) is 2.46. The van der Waals surface area contributed by atoms with Crippen molar-refractivity contribution in [2.45, 2.75) is 52.9 Å². The van der Waals surface area contributed by atoms with Crippen LogP contribution in [-0.2, 0) is 4.74 Å². The minimum absolute atomic E-state index is 0.308. The molecule has 3 unspecified atom stereocenters. The molecule has 1 saturated heterocycles. The third-order valence-corrected chi connectivity index (χ3v) is 4.83. The molecule has 2 heteroatoms. The Kier molecular flexibility index (Phi) is 4.74. The quantitative estimate of drug-likeness (QED) is 0.795. The smallest absolute Gasteiger partial charge is 0.0678 e. The van der Waals surface area contributed by atoms with Gasteiger partial charge in [-0.25, -0.2) is 0 Å². The maximum absolute atomic E-state index is 5.92. The molecule has 0 aliphatic carbocycles. The Morgan fingerprint density at radius 1 is 0.957 bits per heavy atom. The van der Waals surface area contributed by atoms with Crippen molar-refractivity contribution in [3.63, 3.8) is 0 Å². The highest BCUT2D eigenvalue weighted by Crippen LogP contribution is 2.33. The van der Waals surface area contributed by atoms with Crippen LogP contribution in [0.4, 0.5) is 0 Å². The molecule has 0 bridgehead atoms. The SMILES string of the molecule is Cc1ccc2cc(C(C(C)C)N3CC(C)OC(C)C3)ccc2c1. The van der Waals surface area contributed by atoms with Gasteiger partial charge in [0.15, 0.2) is 0 Å². The maximum atomic E-state index is 5.92. The van der Waals surface area contributed by atoms with Crippen molar-refractivity contribution in [3.05, 3.63) is 47.5 Å². The summed E-state index contributed by atoms with van der Waals surface area (Å²) in [6, 6.07) is 14.1. The van der Waals surface area contributed by atoms with Gasteiger partial charge in [0.05, 0.1) is 12.2 Å². The molecule has 0 radical (unpaired) electrons. The van der Waals surface area contributed by atoms with E-state index in [0.717, 1.165) is 13.1 Å². The van der Waals surface area contributed by atoms with Gasteiger partial charge in [-0.05, 0) is 49.1 Å². The van der Waals surface area contributed by atoms with Crippen LogP contribution >= 0.6 is 0 Å². The van der Waals surface area contributed by atoms with Gasteiger partial charge < -0.3 is 4.74 Å². The number of fused-ring (bicyclic) bond motifs is 1. The topological polar surface area (TPSA) is 12.5 Å². The van der Waals surface area contributed by atoms with Crippen molar-refractivity contribution < 1.29 is 4.74 Å². The molecule has 0 spiro atoms. The lowest BCUT2D eigenvalue weighted by molar-refractivity contribution is -0.0862. The standard InChI is InChI=1S/C21H29NO/c1-14(2)21(22-12-16(4)23-17(5)13-22)20-9-8-18-10-15(3)6-7-19(18)11-20/h6-11,14,16-17,21H,12-13H2,1-5H3. The number of aryl methyl sites for hydroxylation is 1. The van der Waals surface area contributed by atoms with E-state index < -0.39 is 0 Å². The molecule has 3 rings (SSSR count). The lowest BCUT2D eigenvalue weighted by Crippen LogP contribution is -2.48. The Labute approximate surface area is 140 Å². The van der Waals surface area contributed by atoms with Crippen LogP contribution in [-0.4, -0.2) is 30.2 Å². The number of ether oxygens (including phenoxy) is 1. The highest BCUT2D eigenvalue weighted by molar-refractivity contribution is 5.83. The summed E-state index contributed by atoms with van der Waals surface area (Å²) in [6.45, 7) is 13.2. The van der Waals surface area contributed by atoms with E-state index in [1.807, 2.05) is 0 Å². The van der Waals surface area contributed by atoms with E-state index in [9.17, 15) is 0 Å². The van der Waals surface area contributed by atoms with Crippen molar-refractivity contribution in [3.8, 4) is 0 Å². The number of hydrogen-bond donors (Lipinski definition) is 0. The third-order valence-electron chi connectivity index (χ3n) is 4.83. The van der Waals surface area contributed by atoms with Crippen LogP contribution < -0.4 is 0 Å². The van der Waals surface area contributed by atoms with E-state index in [1.54, 1.807) is 0 Å². The van der Waals surface area contributed by atoms with Gasteiger partial charge in [0.2, 0.25) is 0 Å². The largest absolute Gasteiger partial charge is 0.373 e. The van der Waals surface area contributed by atoms with Gasteiger partial charge in [-0.15, -0.1) is 0 Å². The predicted octanol–water partition coefficient (Wildman–Crippen LogP) is 4.95. The van der Waals surface area contributed by atoms with Crippen molar-refractivity contribution in [1.29, 1.82) is 0 Å². The number of nitrogens with zero attached hydrogens (tertiary/aromatic N) is 1. The second-order valence-electron chi connectivity index (χ2n) is 7.51. The van der Waals surface area contributed by atoms with Gasteiger partial charge in [-0.2, -0.15) is 0 Å². The minimum atomic E-state index is 0.308. The van der Waals surface area contributed by atoms with Crippen molar-refractivity contribution in [2.75, 3.05) is 13.1 Å². The number of rotatable bonds is 3. The molecule has 1 heterocycles. The lowest BCUT2D eigenvalue weighted by Gasteiger charge is -2.42. The normalized spacial score (nSPS) is 24.3. The van der Waals surface area contributed by atoms with Crippen LogP contribution in [0.2, 0.25) is 0 Å². The first-order valence-corrected chi connectivity index (χ1v) is 8.84. The average molecular weight is 311 g/mol. The van der Waals surface area contributed by atoms with Crippen LogP contribution in [0.3, 0.4) is 0 Å². The van der Waals surface area contributed by atoms with Gasteiger partial charge in [-0.1, -0.05) is 49.7 Å². The van der Waals surface area contributed by atoms with Crippen LogP contribution in [0.1, 0.15) is 44.9 Å². The van der Waals surface area contributed by atoms with Gasteiger partial charge in [0.25, 0.3) is 0 Å². The molecular formula is C21H29NO. The number of benzene rings is 2. The summed E-state index contributed by atoms with van der Waals surface area (Å²) in [6.07, 6.45) is 0.617. The second kappa shape index (κ2) is 6.62. The molecule has 1 aliphatic heterocycles. The predicted molar refractivity (Wildman–Crippen MR) is 97.8 cm³/mol. The highest BCUT2D eigenvalue weighted by atomic mass is 16.5. The summed E-state index contributed by atoms with van der Waals surface area (Å²) in [5.74, 6) is 0.579. The summed E-state index contributed by atoms with van der Waals surface area (Å²) in [7, 11) is 0. The summed E-state index contributed by atoms with van der Waals surface area (Å²) >= 11 is 0. The molecule has 0 aromatic heterocycles. The second-order valence-corrected chi connectivity index (χ2v) is 7.51. The summed E-state index contributed by atoms with van der Waals surface area (Å²) in [5.41, 5.74) is 2.75.